The first-order chi connectivity index (χ1) is 12.6. The first kappa shape index (κ1) is 18.6. The second kappa shape index (κ2) is 8.93. The van der Waals surface area contributed by atoms with Gasteiger partial charge in [-0.2, -0.15) is 0 Å². The highest BCUT2D eigenvalue weighted by Crippen LogP contribution is 2.22. The van der Waals surface area contributed by atoms with E-state index in [1.807, 2.05) is 0 Å². The van der Waals surface area contributed by atoms with E-state index in [0.717, 1.165) is 32.8 Å². The average Bonchev–Trinajstić information content (AvgIpc) is 2.66. The van der Waals surface area contributed by atoms with Gasteiger partial charge in [0.25, 0.3) is 5.91 Å². The summed E-state index contributed by atoms with van der Waals surface area (Å²) in [5.41, 5.74) is 1.66. The summed E-state index contributed by atoms with van der Waals surface area (Å²) in [6.07, 6.45) is 1.55. The Bertz CT molecular complexity index is 751. The van der Waals surface area contributed by atoms with Crippen molar-refractivity contribution in [3.05, 3.63) is 53.1 Å². The number of hydrogen-bond donors (Lipinski definition) is 2. The van der Waals surface area contributed by atoms with E-state index in [4.69, 9.17) is 16.3 Å². The number of rotatable bonds is 6. The number of nitrogens with one attached hydrogen (secondary N) is 2. The lowest BCUT2D eigenvalue weighted by atomic mass is 10.2. The van der Waals surface area contributed by atoms with Crippen molar-refractivity contribution >= 4 is 28.9 Å². The van der Waals surface area contributed by atoms with Crippen LogP contribution < -0.4 is 10.6 Å². The van der Waals surface area contributed by atoms with Gasteiger partial charge in [-0.05, 0) is 30.3 Å². The molecule has 6 nitrogen and oxygen atoms in total. The van der Waals surface area contributed by atoms with E-state index in [1.54, 1.807) is 24.4 Å². The van der Waals surface area contributed by atoms with Gasteiger partial charge >= 0.3 is 0 Å². The number of halogens is 2. The standard InChI is InChI=1S/C18H20ClFN4O2/c19-15-11-13(1-3-16(15)20)23-14-2-4-17(22-12-14)18(25)21-5-6-24-7-9-26-10-8-24/h1-4,11-12,23H,5-10H2,(H,21,25). The molecule has 1 saturated heterocycles. The lowest BCUT2D eigenvalue weighted by Crippen LogP contribution is -2.41. The van der Waals surface area contributed by atoms with Gasteiger partial charge < -0.3 is 15.4 Å². The van der Waals surface area contributed by atoms with Crippen molar-refractivity contribution < 1.29 is 13.9 Å². The quantitative estimate of drug-likeness (QED) is 0.809. The number of pyridine rings is 1. The number of benzene rings is 1. The Morgan fingerprint density at radius 2 is 2.00 bits per heavy atom. The number of nitrogens with zero attached hydrogens (tertiary/aromatic N) is 2. The van der Waals surface area contributed by atoms with E-state index in [1.165, 1.54) is 12.1 Å². The zero-order valence-corrected chi connectivity index (χ0v) is 14.9. The van der Waals surface area contributed by atoms with Gasteiger partial charge in [-0.25, -0.2) is 9.37 Å². The van der Waals surface area contributed by atoms with Crippen LogP contribution in [-0.4, -0.2) is 55.2 Å². The van der Waals surface area contributed by atoms with Gasteiger partial charge in [0, 0.05) is 31.9 Å². The lowest BCUT2D eigenvalue weighted by Gasteiger charge is -2.26. The minimum Gasteiger partial charge on any atom is -0.379 e. The second-order valence-electron chi connectivity index (χ2n) is 5.90. The zero-order valence-electron chi connectivity index (χ0n) is 14.2. The number of anilines is 2. The number of ether oxygens (including phenoxy) is 1. The Morgan fingerprint density at radius 3 is 2.69 bits per heavy atom. The maximum absolute atomic E-state index is 13.2. The van der Waals surface area contributed by atoms with Crippen LogP contribution in [0.1, 0.15) is 10.5 Å². The number of hydrogen-bond acceptors (Lipinski definition) is 5. The molecule has 1 aromatic heterocycles. The van der Waals surface area contributed by atoms with Crippen LogP contribution in [-0.2, 0) is 4.74 Å². The molecule has 1 aliphatic heterocycles. The number of morpholine rings is 1. The summed E-state index contributed by atoms with van der Waals surface area (Å²) >= 11 is 5.76. The smallest absolute Gasteiger partial charge is 0.269 e. The first-order valence-corrected chi connectivity index (χ1v) is 8.76. The van der Waals surface area contributed by atoms with Gasteiger partial charge in [-0.15, -0.1) is 0 Å². The molecule has 0 bridgehead atoms. The Labute approximate surface area is 156 Å². The molecule has 1 fully saturated rings. The number of carbonyl (C=O) groups is 1. The Balaban J connectivity index is 1.49. The van der Waals surface area contributed by atoms with Crippen molar-refractivity contribution in [1.82, 2.24) is 15.2 Å². The topological polar surface area (TPSA) is 66.5 Å². The molecule has 1 aromatic carbocycles. The van der Waals surface area contributed by atoms with Crippen LogP contribution in [0.4, 0.5) is 15.8 Å². The molecule has 2 N–H and O–H groups in total. The van der Waals surface area contributed by atoms with Crippen molar-refractivity contribution in [3.63, 3.8) is 0 Å². The Kier molecular flexibility index (Phi) is 6.38. The fourth-order valence-electron chi connectivity index (χ4n) is 2.59. The zero-order chi connectivity index (χ0) is 18.4. The molecule has 2 heterocycles. The third-order valence-electron chi connectivity index (χ3n) is 4.02. The molecule has 3 rings (SSSR count). The third kappa shape index (κ3) is 5.14. The van der Waals surface area contributed by atoms with Gasteiger partial charge in [0.2, 0.25) is 0 Å². The number of amides is 1. The summed E-state index contributed by atoms with van der Waals surface area (Å²) < 4.78 is 18.5. The molecule has 1 aliphatic rings. The van der Waals surface area contributed by atoms with E-state index in [-0.39, 0.29) is 10.9 Å². The minimum absolute atomic E-state index is 0.0409. The van der Waals surface area contributed by atoms with Crippen molar-refractivity contribution in [2.45, 2.75) is 0 Å². The maximum atomic E-state index is 13.2. The van der Waals surface area contributed by atoms with E-state index in [9.17, 15) is 9.18 Å². The van der Waals surface area contributed by atoms with Gasteiger partial charge in [-0.3, -0.25) is 9.69 Å². The van der Waals surface area contributed by atoms with Crippen molar-refractivity contribution in [1.29, 1.82) is 0 Å². The van der Waals surface area contributed by atoms with Gasteiger partial charge in [0.1, 0.15) is 11.5 Å². The van der Waals surface area contributed by atoms with Crippen LogP contribution in [0.5, 0.6) is 0 Å². The molecule has 0 radical (unpaired) electrons. The van der Waals surface area contributed by atoms with Gasteiger partial charge in [0.05, 0.1) is 30.1 Å². The summed E-state index contributed by atoms with van der Waals surface area (Å²) in [5.74, 6) is -0.686. The summed E-state index contributed by atoms with van der Waals surface area (Å²) in [7, 11) is 0. The largest absolute Gasteiger partial charge is 0.379 e. The highest BCUT2D eigenvalue weighted by atomic mass is 35.5. The highest BCUT2D eigenvalue weighted by Gasteiger charge is 2.11. The third-order valence-corrected chi connectivity index (χ3v) is 4.31. The van der Waals surface area contributed by atoms with Crippen LogP contribution >= 0.6 is 11.6 Å². The second-order valence-corrected chi connectivity index (χ2v) is 6.30. The fourth-order valence-corrected chi connectivity index (χ4v) is 2.77. The van der Waals surface area contributed by atoms with Crippen LogP contribution in [0.15, 0.2) is 36.5 Å². The van der Waals surface area contributed by atoms with Crippen LogP contribution in [0, 0.1) is 5.82 Å². The molecule has 0 unspecified atom stereocenters. The van der Waals surface area contributed by atoms with E-state index in [2.05, 4.69) is 20.5 Å². The molecule has 0 aliphatic carbocycles. The molecular weight excluding hydrogens is 359 g/mol. The fraction of sp³-hybridized carbons (Fsp3) is 0.333. The number of aromatic nitrogens is 1. The predicted octanol–water partition coefficient (Wildman–Crippen LogP) is 2.68. The lowest BCUT2D eigenvalue weighted by molar-refractivity contribution is 0.0383. The summed E-state index contributed by atoms with van der Waals surface area (Å²) in [6, 6.07) is 7.73. The van der Waals surface area contributed by atoms with E-state index < -0.39 is 5.82 Å². The first-order valence-electron chi connectivity index (χ1n) is 8.38. The van der Waals surface area contributed by atoms with Crippen molar-refractivity contribution in [2.75, 3.05) is 44.7 Å². The van der Waals surface area contributed by atoms with Gasteiger partial charge in [0.15, 0.2) is 0 Å². The molecular formula is C18H20ClFN4O2. The van der Waals surface area contributed by atoms with Crippen LogP contribution in [0.25, 0.3) is 0 Å². The normalized spacial score (nSPS) is 14.8. The molecule has 8 heteroatoms. The molecule has 138 valence electrons. The predicted molar refractivity (Wildman–Crippen MR) is 98.5 cm³/mol. The average molecular weight is 379 g/mol. The summed E-state index contributed by atoms with van der Waals surface area (Å²) in [4.78, 5) is 18.6. The molecule has 0 atom stereocenters. The van der Waals surface area contributed by atoms with Crippen molar-refractivity contribution in [3.8, 4) is 0 Å². The molecule has 2 aromatic rings. The summed E-state index contributed by atoms with van der Waals surface area (Å²) in [6.45, 7) is 4.62. The van der Waals surface area contributed by atoms with E-state index in [0.29, 0.717) is 23.6 Å². The van der Waals surface area contributed by atoms with Crippen LogP contribution in [0.3, 0.4) is 0 Å². The number of carbonyl (C=O) groups excluding carboxylic acids is 1. The molecule has 0 saturated carbocycles. The Hall–Kier alpha value is -2.22. The van der Waals surface area contributed by atoms with Crippen LogP contribution in [0.2, 0.25) is 5.02 Å². The molecule has 0 spiro atoms. The maximum Gasteiger partial charge on any atom is 0.269 e. The SMILES string of the molecule is O=C(NCCN1CCOCC1)c1ccc(Nc2ccc(F)c(Cl)c2)cn1. The van der Waals surface area contributed by atoms with Crippen molar-refractivity contribution in [2.24, 2.45) is 0 Å². The van der Waals surface area contributed by atoms with Gasteiger partial charge in [-0.1, -0.05) is 11.6 Å². The summed E-state index contributed by atoms with van der Waals surface area (Å²) in [5, 5.41) is 5.97. The van der Waals surface area contributed by atoms with E-state index >= 15 is 0 Å². The minimum atomic E-state index is -0.473. The molecule has 26 heavy (non-hydrogen) atoms. The monoisotopic (exact) mass is 378 g/mol. The highest BCUT2D eigenvalue weighted by molar-refractivity contribution is 6.31. The Morgan fingerprint density at radius 1 is 1.23 bits per heavy atom. The molecule has 1 amide bonds.